The number of hydrogen-bond acceptors (Lipinski definition) is 3. The quantitative estimate of drug-likeness (QED) is 0.864. The van der Waals surface area contributed by atoms with E-state index >= 15 is 0 Å². The van der Waals surface area contributed by atoms with E-state index in [4.69, 9.17) is 4.74 Å². The summed E-state index contributed by atoms with van der Waals surface area (Å²) in [7, 11) is 0. The molecule has 0 saturated heterocycles. The lowest BCUT2D eigenvalue weighted by Crippen LogP contribution is -2.20. The molecule has 1 heterocycles. The van der Waals surface area contributed by atoms with Crippen LogP contribution in [0.4, 0.5) is 5.69 Å². The van der Waals surface area contributed by atoms with Crippen LogP contribution in [-0.2, 0) is 6.42 Å². The van der Waals surface area contributed by atoms with Crippen molar-refractivity contribution in [2.24, 2.45) is 0 Å². The maximum absolute atomic E-state index is 12.4. The van der Waals surface area contributed by atoms with Crippen molar-refractivity contribution in [2.45, 2.75) is 12.8 Å². The van der Waals surface area contributed by atoms with E-state index in [0.29, 0.717) is 24.3 Å². The molecule has 3 rings (SSSR count). The third-order valence-corrected chi connectivity index (χ3v) is 3.46. The van der Waals surface area contributed by atoms with E-state index in [-0.39, 0.29) is 5.78 Å². The van der Waals surface area contributed by atoms with Crippen LogP contribution in [0.5, 0.6) is 5.75 Å². The van der Waals surface area contributed by atoms with E-state index in [2.05, 4.69) is 5.32 Å². The average Bonchev–Trinajstić information content (AvgIpc) is 2.53. The van der Waals surface area contributed by atoms with Crippen molar-refractivity contribution in [3.8, 4) is 5.75 Å². The summed E-state index contributed by atoms with van der Waals surface area (Å²) in [6, 6.07) is 15.8. The Kier molecular flexibility index (Phi) is 3.68. The normalized spacial score (nSPS) is 13.0. The molecule has 1 N–H and O–H groups in total. The van der Waals surface area contributed by atoms with E-state index in [1.54, 1.807) is 0 Å². The number of carbonyl (C=O) groups excluding carboxylic acids is 1. The molecular weight excluding hydrogens is 250 g/mol. The van der Waals surface area contributed by atoms with Crippen LogP contribution in [0.3, 0.4) is 0 Å². The predicted octanol–water partition coefficient (Wildman–Crippen LogP) is 3.31. The van der Waals surface area contributed by atoms with Gasteiger partial charge in [-0.15, -0.1) is 0 Å². The first-order valence-electron chi connectivity index (χ1n) is 6.91. The number of para-hydroxylation sites is 1. The van der Waals surface area contributed by atoms with Crippen molar-refractivity contribution in [3.05, 3.63) is 59.7 Å². The van der Waals surface area contributed by atoms with Gasteiger partial charge in [0.2, 0.25) is 0 Å². The second-order valence-corrected chi connectivity index (χ2v) is 4.87. The molecule has 2 aromatic rings. The first kappa shape index (κ1) is 12.7. The van der Waals surface area contributed by atoms with Gasteiger partial charge in [-0.1, -0.05) is 36.4 Å². The molecule has 0 atom stereocenters. The fourth-order valence-electron chi connectivity index (χ4n) is 2.43. The Morgan fingerprint density at radius 2 is 1.95 bits per heavy atom. The van der Waals surface area contributed by atoms with Gasteiger partial charge in [0, 0.05) is 13.0 Å². The molecule has 3 nitrogen and oxygen atoms in total. The van der Waals surface area contributed by atoms with Gasteiger partial charge in [0.05, 0.1) is 11.3 Å². The lowest BCUT2D eigenvalue weighted by Gasteiger charge is -2.21. The number of carbonyl (C=O) groups is 1. The Bertz CT molecular complexity index is 608. The molecule has 0 aromatic heterocycles. The number of rotatable bonds is 4. The van der Waals surface area contributed by atoms with Crippen LogP contribution in [0, 0.1) is 0 Å². The molecular formula is C17H17NO2. The van der Waals surface area contributed by atoms with Crippen molar-refractivity contribution in [1.82, 2.24) is 0 Å². The van der Waals surface area contributed by atoms with Gasteiger partial charge in [-0.2, -0.15) is 0 Å². The number of benzene rings is 2. The van der Waals surface area contributed by atoms with Gasteiger partial charge in [0.1, 0.15) is 6.61 Å². The summed E-state index contributed by atoms with van der Waals surface area (Å²) >= 11 is 0. The van der Waals surface area contributed by atoms with Crippen LogP contribution in [0.25, 0.3) is 0 Å². The van der Waals surface area contributed by atoms with Gasteiger partial charge in [0.15, 0.2) is 11.5 Å². The Hall–Kier alpha value is -2.29. The molecule has 0 bridgehead atoms. The minimum atomic E-state index is 0.134. The summed E-state index contributed by atoms with van der Waals surface area (Å²) in [5, 5.41) is 3.25. The molecule has 0 spiro atoms. The Morgan fingerprint density at radius 3 is 2.80 bits per heavy atom. The fraction of sp³-hybridized carbons (Fsp3) is 0.235. The maximum atomic E-state index is 12.4. The largest absolute Gasteiger partial charge is 0.489 e. The van der Waals surface area contributed by atoms with E-state index in [1.807, 2.05) is 48.5 Å². The molecule has 0 saturated carbocycles. The molecule has 3 heteroatoms. The minimum Gasteiger partial charge on any atom is -0.489 e. The van der Waals surface area contributed by atoms with E-state index in [0.717, 1.165) is 18.7 Å². The average molecular weight is 267 g/mol. The number of nitrogens with one attached hydrogen (secondary N) is 1. The van der Waals surface area contributed by atoms with Gasteiger partial charge < -0.3 is 10.1 Å². The lowest BCUT2D eigenvalue weighted by molar-refractivity contribution is 0.0979. The van der Waals surface area contributed by atoms with Crippen molar-refractivity contribution in [3.63, 3.8) is 0 Å². The summed E-state index contributed by atoms with van der Waals surface area (Å²) in [4.78, 5) is 12.4. The smallest absolute Gasteiger partial charge is 0.167 e. The molecule has 2 aromatic carbocycles. The fourth-order valence-corrected chi connectivity index (χ4v) is 2.43. The number of fused-ring (bicyclic) bond motifs is 1. The molecule has 0 unspecified atom stereocenters. The summed E-state index contributed by atoms with van der Waals surface area (Å²) < 4.78 is 5.64. The van der Waals surface area contributed by atoms with Crippen LogP contribution in [0.2, 0.25) is 0 Å². The van der Waals surface area contributed by atoms with Crippen LogP contribution < -0.4 is 10.1 Å². The second-order valence-electron chi connectivity index (χ2n) is 4.87. The lowest BCUT2D eigenvalue weighted by atomic mass is 10.0. The first-order chi connectivity index (χ1) is 9.84. The zero-order chi connectivity index (χ0) is 13.8. The van der Waals surface area contributed by atoms with Gasteiger partial charge in [0.25, 0.3) is 0 Å². The standard InChI is InChI=1S/C17H17NO2/c19-16(10-9-13-5-2-1-3-6-13)14-7-4-8-15-17(14)20-12-11-18-15/h1-8,18H,9-12H2. The van der Waals surface area contributed by atoms with Gasteiger partial charge in [-0.05, 0) is 24.1 Å². The van der Waals surface area contributed by atoms with Crippen LogP contribution >= 0.6 is 0 Å². The third kappa shape index (κ3) is 2.67. The molecule has 1 aliphatic heterocycles. The van der Waals surface area contributed by atoms with Crippen molar-refractivity contribution in [1.29, 1.82) is 0 Å². The molecule has 1 aliphatic rings. The zero-order valence-corrected chi connectivity index (χ0v) is 11.3. The molecule has 0 radical (unpaired) electrons. The first-order valence-corrected chi connectivity index (χ1v) is 6.91. The van der Waals surface area contributed by atoms with Gasteiger partial charge >= 0.3 is 0 Å². The number of anilines is 1. The SMILES string of the molecule is O=C(CCc1ccccc1)c1cccc2c1OCCN2. The number of hydrogen-bond donors (Lipinski definition) is 1. The Labute approximate surface area is 118 Å². The Morgan fingerprint density at radius 1 is 1.10 bits per heavy atom. The number of Topliss-reactive ketones (excluding diaryl/α,β-unsaturated/α-hetero) is 1. The highest BCUT2D eigenvalue weighted by Crippen LogP contribution is 2.32. The van der Waals surface area contributed by atoms with Crippen LogP contribution in [0.1, 0.15) is 22.3 Å². The Balaban J connectivity index is 1.74. The summed E-state index contributed by atoms with van der Waals surface area (Å²) in [5.74, 6) is 0.839. The zero-order valence-electron chi connectivity index (χ0n) is 11.3. The number of ketones is 1. The highest BCUT2D eigenvalue weighted by molar-refractivity contribution is 6.00. The van der Waals surface area contributed by atoms with Crippen LogP contribution in [0.15, 0.2) is 48.5 Å². The highest BCUT2D eigenvalue weighted by Gasteiger charge is 2.18. The predicted molar refractivity (Wildman–Crippen MR) is 79.5 cm³/mol. The third-order valence-electron chi connectivity index (χ3n) is 3.46. The summed E-state index contributed by atoms with van der Waals surface area (Å²) in [6.07, 6.45) is 1.26. The summed E-state index contributed by atoms with van der Waals surface area (Å²) in [5.41, 5.74) is 2.79. The summed E-state index contributed by atoms with van der Waals surface area (Å²) in [6.45, 7) is 1.39. The molecule has 0 aliphatic carbocycles. The van der Waals surface area contributed by atoms with Crippen molar-refractivity contribution in [2.75, 3.05) is 18.5 Å². The number of aryl methyl sites for hydroxylation is 1. The van der Waals surface area contributed by atoms with E-state index in [1.165, 1.54) is 5.56 Å². The second kappa shape index (κ2) is 5.78. The molecule has 20 heavy (non-hydrogen) atoms. The molecule has 0 fully saturated rings. The van der Waals surface area contributed by atoms with E-state index in [9.17, 15) is 4.79 Å². The van der Waals surface area contributed by atoms with E-state index < -0.39 is 0 Å². The monoisotopic (exact) mass is 267 g/mol. The maximum Gasteiger partial charge on any atom is 0.167 e. The van der Waals surface area contributed by atoms with Crippen molar-refractivity contribution < 1.29 is 9.53 Å². The van der Waals surface area contributed by atoms with Crippen molar-refractivity contribution >= 4 is 11.5 Å². The minimum absolute atomic E-state index is 0.134. The van der Waals surface area contributed by atoms with Gasteiger partial charge in [-0.25, -0.2) is 0 Å². The topological polar surface area (TPSA) is 38.3 Å². The number of ether oxygens (including phenoxy) is 1. The highest BCUT2D eigenvalue weighted by atomic mass is 16.5. The molecule has 102 valence electrons. The van der Waals surface area contributed by atoms with Gasteiger partial charge in [-0.3, -0.25) is 4.79 Å². The molecule has 0 amide bonds. The van der Waals surface area contributed by atoms with Crippen LogP contribution in [-0.4, -0.2) is 18.9 Å².